The normalized spacial score (nSPS) is 11.7. The van der Waals surface area contributed by atoms with Gasteiger partial charge in [0.25, 0.3) is 0 Å². The molecule has 90 valence electrons. The van der Waals surface area contributed by atoms with Gasteiger partial charge in [-0.2, -0.15) is 0 Å². The third-order valence-corrected chi connectivity index (χ3v) is 2.63. The zero-order valence-electron chi connectivity index (χ0n) is 11.0. The number of aromatic nitrogens is 4. The van der Waals surface area contributed by atoms with Crippen molar-refractivity contribution >= 4 is 11.2 Å². The molecule has 0 aliphatic rings. The summed E-state index contributed by atoms with van der Waals surface area (Å²) in [4.78, 5) is 18.0. The maximum Gasteiger partial charge on any atom is 0.181 e. The molecular formula is C13H18N4. The van der Waals surface area contributed by atoms with Crippen molar-refractivity contribution in [3.8, 4) is 0 Å². The van der Waals surface area contributed by atoms with Gasteiger partial charge < -0.3 is 0 Å². The van der Waals surface area contributed by atoms with Crippen LogP contribution in [0.5, 0.6) is 0 Å². The Morgan fingerprint density at radius 3 is 2.24 bits per heavy atom. The van der Waals surface area contributed by atoms with Gasteiger partial charge in [-0.1, -0.05) is 27.7 Å². The molecule has 0 saturated carbocycles. The van der Waals surface area contributed by atoms with Gasteiger partial charge in [-0.3, -0.25) is 0 Å². The summed E-state index contributed by atoms with van der Waals surface area (Å²) < 4.78 is 0. The lowest BCUT2D eigenvalue weighted by molar-refractivity contribution is 0.737. The molecule has 0 aliphatic carbocycles. The Labute approximate surface area is 102 Å². The second kappa shape index (κ2) is 4.35. The van der Waals surface area contributed by atoms with Gasteiger partial charge in [0.1, 0.15) is 11.3 Å². The Bertz CT molecular complexity index is 546. The van der Waals surface area contributed by atoms with Crippen LogP contribution in [-0.4, -0.2) is 19.9 Å². The fraction of sp³-hybridized carbons (Fsp3) is 0.538. The van der Waals surface area contributed by atoms with Crippen LogP contribution in [0.25, 0.3) is 11.2 Å². The van der Waals surface area contributed by atoms with Gasteiger partial charge in [-0.05, 0) is 12.8 Å². The van der Waals surface area contributed by atoms with Crippen molar-refractivity contribution < 1.29 is 0 Å². The van der Waals surface area contributed by atoms with E-state index in [1.807, 2.05) is 6.92 Å². The van der Waals surface area contributed by atoms with Gasteiger partial charge >= 0.3 is 0 Å². The van der Waals surface area contributed by atoms with Crippen molar-refractivity contribution in [1.82, 2.24) is 19.9 Å². The Hall–Kier alpha value is -1.58. The zero-order chi connectivity index (χ0) is 12.6. The smallest absolute Gasteiger partial charge is 0.181 e. The largest absolute Gasteiger partial charge is 0.246 e. The Morgan fingerprint density at radius 2 is 1.65 bits per heavy atom. The molecule has 0 atom stereocenters. The first-order valence-corrected chi connectivity index (χ1v) is 6.00. The van der Waals surface area contributed by atoms with Crippen LogP contribution >= 0.6 is 0 Å². The van der Waals surface area contributed by atoms with Crippen molar-refractivity contribution in [2.45, 2.75) is 46.5 Å². The van der Waals surface area contributed by atoms with E-state index in [0.717, 1.165) is 22.7 Å². The molecule has 0 amide bonds. The van der Waals surface area contributed by atoms with Crippen molar-refractivity contribution in [3.05, 3.63) is 23.4 Å². The summed E-state index contributed by atoms with van der Waals surface area (Å²) in [5, 5.41) is 0. The second-order valence-electron chi connectivity index (χ2n) is 4.96. The summed E-state index contributed by atoms with van der Waals surface area (Å²) >= 11 is 0. The number of rotatable bonds is 2. The summed E-state index contributed by atoms with van der Waals surface area (Å²) in [7, 11) is 0. The SMILES string of the molecule is Cc1cnc2nc(C(C)C)nc(C(C)C)c2n1. The molecule has 4 nitrogen and oxygen atoms in total. The number of fused-ring (bicyclic) bond motifs is 1. The van der Waals surface area contributed by atoms with Gasteiger partial charge in [-0.15, -0.1) is 0 Å². The van der Waals surface area contributed by atoms with E-state index in [9.17, 15) is 0 Å². The van der Waals surface area contributed by atoms with E-state index in [2.05, 4.69) is 47.6 Å². The van der Waals surface area contributed by atoms with Crippen molar-refractivity contribution in [2.75, 3.05) is 0 Å². The Kier molecular flexibility index (Phi) is 3.05. The first kappa shape index (κ1) is 11.9. The Morgan fingerprint density at radius 1 is 0.941 bits per heavy atom. The van der Waals surface area contributed by atoms with Crippen molar-refractivity contribution in [2.24, 2.45) is 0 Å². The fourth-order valence-corrected chi connectivity index (χ4v) is 1.70. The second-order valence-corrected chi connectivity index (χ2v) is 4.96. The lowest BCUT2D eigenvalue weighted by atomic mass is 10.1. The molecular weight excluding hydrogens is 212 g/mol. The highest BCUT2D eigenvalue weighted by atomic mass is 15.0. The summed E-state index contributed by atoms with van der Waals surface area (Å²) in [6.07, 6.45) is 1.75. The quantitative estimate of drug-likeness (QED) is 0.795. The van der Waals surface area contributed by atoms with Gasteiger partial charge in [-0.25, -0.2) is 19.9 Å². The van der Waals surface area contributed by atoms with Gasteiger partial charge in [0, 0.05) is 5.92 Å². The molecule has 0 spiro atoms. The van der Waals surface area contributed by atoms with E-state index < -0.39 is 0 Å². The van der Waals surface area contributed by atoms with Crippen LogP contribution in [0, 0.1) is 6.92 Å². The highest BCUT2D eigenvalue weighted by molar-refractivity contribution is 5.72. The molecule has 2 rings (SSSR count). The molecule has 2 heterocycles. The third kappa shape index (κ3) is 2.25. The first-order valence-electron chi connectivity index (χ1n) is 6.00. The standard InChI is InChI=1S/C13H18N4/c1-7(2)10-11-13(14-6-9(5)15-11)17-12(16-10)8(3)4/h6-8H,1-5H3. The minimum atomic E-state index is 0.306. The minimum absolute atomic E-state index is 0.306. The number of hydrogen-bond donors (Lipinski definition) is 0. The lowest BCUT2D eigenvalue weighted by Crippen LogP contribution is -2.06. The van der Waals surface area contributed by atoms with Crippen LogP contribution in [0.2, 0.25) is 0 Å². The van der Waals surface area contributed by atoms with Crippen LogP contribution in [0.3, 0.4) is 0 Å². The molecule has 2 aromatic rings. The predicted molar refractivity (Wildman–Crippen MR) is 68.0 cm³/mol. The molecule has 0 N–H and O–H groups in total. The average molecular weight is 230 g/mol. The fourth-order valence-electron chi connectivity index (χ4n) is 1.70. The molecule has 4 heteroatoms. The lowest BCUT2D eigenvalue weighted by Gasteiger charge is -2.11. The molecule has 0 aliphatic heterocycles. The third-order valence-electron chi connectivity index (χ3n) is 2.63. The molecule has 0 saturated heterocycles. The molecule has 0 unspecified atom stereocenters. The van der Waals surface area contributed by atoms with Crippen molar-refractivity contribution in [3.63, 3.8) is 0 Å². The van der Waals surface area contributed by atoms with E-state index in [4.69, 9.17) is 0 Å². The van der Waals surface area contributed by atoms with Crippen LogP contribution in [0.1, 0.15) is 56.7 Å². The van der Waals surface area contributed by atoms with Crippen LogP contribution < -0.4 is 0 Å². The molecule has 2 aromatic heterocycles. The summed E-state index contributed by atoms with van der Waals surface area (Å²) in [5.74, 6) is 1.48. The molecule has 0 aromatic carbocycles. The molecule has 0 radical (unpaired) electrons. The highest BCUT2D eigenvalue weighted by Gasteiger charge is 2.14. The highest BCUT2D eigenvalue weighted by Crippen LogP contribution is 2.22. The number of aryl methyl sites for hydroxylation is 1. The first-order chi connectivity index (χ1) is 7.99. The monoisotopic (exact) mass is 230 g/mol. The summed E-state index contributed by atoms with van der Waals surface area (Å²) in [6, 6.07) is 0. The van der Waals surface area contributed by atoms with Gasteiger partial charge in [0.15, 0.2) is 5.65 Å². The van der Waals surface area contributed by atoms with Crippen LogP contribution in [0.4, 0.5) is 0 Å². The van der Waals surface area contributed by atoms with E-state index in [1.54, 1.807) is 6.20 Å². The van der Waals surface area contributed by atoms with Crippen LogP contribution in [0.15, 0.2) is 6.20 Å². The molecule has 17 heavy (non-hydrogen) atoms. The van der Waals surface area contributed by atoms with Crippen LogP contribution in [-0.2, 0) is 0 Å². The maximum absolute atomic E-state index is 4.63. The van der Waals surface area contributed by atoms with E-state index in [1.165, 1.54) is 0 Å². The maximum atomic E-state index is 4.63. The van der Waals surface area contributed by atoms with E-state index in [-0.39, 0.29) is 0 Å². The van der Waals surface area contributed by atoms with Crippen molar-refractivity contribution in [1.29, 1.82) is 0 Å². The predicted octanol–water partition coefficient (Wildman–Crippen LogP) is 2.98. The van der Waals surface area contributed by atoms with Gasteiger partial charge in [0.05, 0.1) is 17.6 Å². The van der Waals surface area contributed by atoms with E-state index in [0.29, 0.717) is 17.5 Å². The number of hydrogen-bond acceptors (Lipinski definition) is 4. The minimum Gasteiger partial charge on any atom is -0.246 e. The molecule has 0 bridgehead atoms. The summed E-state index contributed by atoms with van der Waals surface area (Å²) in [6.45, 7) is 10.4. The zero-order valence-corrected chi connectivity index (χ0v) is 11.0. The topological polar surface area (TPSA) is 51.6 Å². The number of nitrogens with zero attached hydrogens (tertiary/aromatic N) is 4. The Balaban J connectivity index is 2.76. The van der Waals surface area contributed by atoms with E-state index >= 15 is 0 Å². The van der Waals surface area contributed by atoms with Gasteiger partial charge in [0.2, 0.25) is 0 Å². The molecule has 0 fully saturated rings. The summed E-state index contributed by atoms with van der Waals surface area (Å²) in [5.41, 5.74) is 3.44. The average Bonchev–Trinajstić information content (AvgIpc) is 2.27.